The van der Waals surface area contributed by atoms with Crippen LogP contribution in [0.4, 0.5) is 27.7 Å². The second-order valence-electron chi connectivity index (χ2n) is 5.78. The predicted molar refractivity (Wildman–Crippen MR) is 109 cm³/mol. The van der Waals surface area contributed by atoms with Crippen LogP contribution in [0.2, 0.25) is 0 Å². The van der Waals surface area contributed by atoms with Crippen molar-refractivity contribution in [2.75, 3.05) is 12.0 Å². The molecule has 0 atom stereocenters. The Hall–Kier alpha value is -3.23. The Labute approximate surface area is 172 Å². The maximum Gasteiger partial charge on any atom is 0.194 e. The predicted octanol–water partition coefficient (Wildman–Crippen LogP) is 5.67. The normalized spacial score (nSPS) is 9.30. The van der Waals surface area contributed by atoms with E-state index in [2.05, 4.69) is 18.6 Å². The molecule has 0 saturated heterocycles. The molecule has 0 bridgehead atoms. The second kappa shape index (κ2) is 14.7. The Morgan fingerprint density at radius 2 is 1.67 bits per heavy atom. The molecule has 0 saturated carbocycles. The Morgan fingerprint density at radius 3 is 2.13 bits per heavy atom. The van der Waals surface area contributed by atoms with Gasteiger partial charge in [-0.05, 0) is 54.9 Å². The summed E-state index contributed by atoms with van der Waals surface area (Å²) < 4.78 is 62.1. The maximum absolute atomic E-state index is 13.3. The Morgan fingerprint density at radius 1 is 1.13 bits per heavy atom. The highest BCUT2D eigenvalue weighted by atomic mass is 19.2. The summed E-state index contributed by atoms with van der Waals surface area (Å²) in [6, 6.07) is 7.11. The highest BCUT2D eigenvalue weighted by Gasteiger charge is 2.12. The van der Waals surface area contributed by atoms with Crippen LogP contribution in [0.15, 0.2) is 48.3 Å². The molecule has 0 unspecified atom stereocenters. The summed E-state index contributed by atoms with van der Waals surface area (Å²) in [5, 5.41) is 4.88. The van der Waals surface area contributed by atoms with E-state index in [0.717, 1.165) is 29.7 Å². The number of aryl methyl sites for hydroxylation is 1. The van der Waals surface area contributed by atoms with E-state index in [4.69, 9.17) is 4.79 Å². The van der Waals surface area contributed by atoms with Crippen molar-refractivity contribution in [1.29, 1.82) is 0 Å². The van der Waals surface area contributed by atoms with Crippen molar-refractivity contribution in [3.05, 3.63) is 77.3 Å². The van der Waals surface area contributed by atoms with Gasteiger partial charge in [0.15, 0.2) is 17.5 Å². The molecule has 9 heteroatoms. The molecule has 2 aromatic rings. The molecule has 2 aromatic carbocycles. The van der Waals surface area contributed by atoms with E-state index in [0.29, 0.717) is 12.2 Å². The fourth-order valence-corrected chi connectivity index (χ4v) is 2.25. The van der Waals surface area contributed by atoms with Crippen LogP contribution in [0.3, 0.4) is 0 Å². The number of rotatable bonds is 7. The summed E-state index contributed by atoms with van der Waals surface area (Å²) >= 11 is 0. The molecule has 0 radical (unpaired) electrons. The zero-order valence-electron chi connectivity index (χ0n) is 16.8. The van der Waals surface area contributed by atoms with Crippen LogP contribution >= 0.6 is 0 Å². The third-order valence-electron chi connectivity index (χ3n) is 3.62. The van der Waals surface area contributed by atoms with Crippen molar-refractivity contribution >= 4 is 18.7 Å². The van der Waals surface area contributed by atoms with E-state index in [-0.39, 0.29) is 12.1 Å². The number of anilines is 1. The van der Waals surface area contributed by atoms with E-state index in [9.17, 15) is 22.0 Å². The number of hydrogen-bond donors (Lipinski definition) is 1. The number of nitrogens with zero attached hydrogens (tertiary/aromatic N) is 2. The largest absolute Gasteiger partial charge is 0.368 e. The summed E-state index contributed by atoms with van der Waals surface area (Å²) in [4.78, 5) is 10.5. The van der Waals surface area contributed by atoms with Gasteiger partial charge in [0.1, 0.15) is 13.0 Å². The molecule has 0 aliphatic rings. The SMILES string of the molecule is C=CN(CNc1cc(CF)ccc1C)Cc1cc(F)c(F)c(F)c1.C=NF.CC=O. The highest BCUT2D eigenvalue weighted by Crippen LogP contribution is 2.19. The average Bonchev–Trinajstić information content (AvgIpc) is 2.71. The molecule has 30 heavy (non-hydrogen) atoms. The van der Waals surface area contributed by atoms with E-state index in [1.54, 1.807) is 28.3 Å². The first kappa shape index (κ1) is 26.8. The van der Waals surface area contributed by atoms with Crippen LogP contribution in [0.5, 0.6) is 0 Å². The van der Waals surface area contributed by atoms with E-state index in [1.165, 1.54) is 13.1 Å². The number of nitrogens with one attached hydrogen (secondary N) is 1. The lowest BCUT2D eigenvalue weighted by Crippen LogP contribution is -2.24. The average molecular weight is 429 g/mol. The molecule has 0 spiro atoms. The van der Waals surface area contributed by atoms with Gasteiger partial charge >= 0.3 is 0 Å². The van der Waals surface area contributed by atoms with Gasteiger partial charge in [0, 0.05) is 18.9 Å². The standard InChI is InChI=1S/C18H18F4N2.C2H4O.CH2FN/c1-3-24(10-14-6-15(20)18(22)16(21)7-14)11-23-17-8-13(9-19)5-4-12(17)2;1-2-3;1-3-2/h3-8,23H,1,9-11H2,2H3;2H,1H3;1H2. The third-order valence-corrected chi connectivity index (χ3v) is 3.62. The summed E-state index contributed by atoms with van der Waals surface area (Å²) in [5.74, 6) is -3.94. The third kappa shape index (κ3) is 9.31. The van der Waals surface area contributed by atoms with Gasteiger partial charge in [-0.3, -0.25) is 0 Å². The second-order valence-corrected chi connectivity index (χ2v) is 5.78. The van der Waals surface area contributed by atoms with Crippen molar-refractivity contribution in [1.82, 2.24) is 4.90 Å². The van der Waals surface area contributed by atoms with Gasteiger partial charge in [0.2, 0.25) is 0 Å². The number of aldehydes is 1. The van der Waals surface area contributed by atoms with Crippen molar-refractivity contribution in [2.45, 2.75) is 27.1 Å². The highest BCUT2D eigenvalue weighted by molar-refractivity contribution is 5.52. The molecule has 0 fully saturated rings. The minimum Gasteiger partial charge on any atom is -0.368 e. The van der Waals surface area contributed by atoms with Crippen molar-refractivity contribution in [3.8, 4) is 0 Å². The lowest BCUT2D eigenvalue weighted by Gasteiger charge is -2.22. The molecule has 1 N–H and O–H groups in total. The fraction of sp³-hybridized carbons (Fsp3) is 0.238. The summed E-state index contributed by atoms with van der Waals surface area (Å²) in [5.41, 5.74) is 2.53. The molecular formula is C21H24F5N3O. The van der Waals surface area contributed by atoms with Gasteiger partial charge in [-0.25, -0.2) is 17.6 Å². The quantitative estimate of drug-likeness (QED) is 0.203. The molecular weight excluding hydrogens is 405 g/mol. The summed E-state index contributed by atoms with van der Waals surface area (Å²) in [7, 11) is 0. The lowest BCUT2D eigenvalue weighted by atomic mass is 10.1. The lowest BCUT2D eigenvalue weighted by molar-refractivity contribution is -0.106. The number of carbonyl (C=O) groups is 1. The monoisotopic (exact) mass is 429 g/mol. The topological polar surface area (TPSA) is 44.7 Å². The first-order valence-corrected chi connectivity index (χ1v) is 8.63. The number of alkyl halides is 1. The van der Waals surface area contributed by atoms with Crippen molar-refractivity contribution in [3.63, 3.8) is 0 Å². The van der Waals surface area contributed by atoms with Gasteiger partial charge in [-0.15, -0.1) is 5.21 Å². The number of benzene rings is 2. The van der Waals surface area contributed by atoms with E-state index in [1.807, 2.05) is 6.92 Å². The minimum absolute atomic E-state index is 0.145. The van der Waals surface area contributed by atoms with Crippen molar-refractivity contribution in [2.24, 2.45) is 5.21 Å². The molecule has 0 aliphatic heterocycles. The maximum atomic E-state index is 13.3. The van der Waals surface area contributed by atoms with Crippen LogP contribution in [-0.4, -0.2) is 24.6 Å². The number of hydrogen-bond acceptors (Lipinski definition) is 4. The molecule has 0 aromatic heterocycles. The van der Waals surface area contributed by atoms with Crippen LogP contribution in [0.1, 0.15) is 23.6 Å². The van der Waals surface area contributed by atoms with E-state index < -0.39 is 24.1 Å². The molecule has 0 heterocycles. The Bertz CT molecular complexity index is 801. The zero-order valence-corrected chi connectivity index (χ0v) is 16.8. The molecule has 4 nitrogen and oxygen atoms in total. The Balaban J connectivity index is 0.00000125. The zero-order chi connectivity index (χ0) is 23.1. The minimum atomic E-state index is -1.49. The molecule has 2 rings (SSSR count). The first-order valence-electron chi connectivity index (χ1n) is 8.63. The number of halogens is 5. The van der Waals surface area contributed by atoms with Gasteiger partial charge in [0.25, 0.3) is 0 Å². The Kier molecular flexibility index (Phi) is 13.1. The molecule has 0 aliphatic carbocycles. The van der Waals surface area contributed by atoms with Gasteiger partial charge < -0.3 is 15.0 Å². The van der Waals surface area contributed by atoms with Crippen LogP contribution in [0.25, 0.3) is 0 Å². The summed E-state index contributed by atoms with van der Waals surface area (Å²) in [6.07, 6.45) is 2.25. The molecule has 0 amide bonds. The van der Waals surface area contributed by atoms with Crippen LogP contribution in [-0.2, 0) is 18.0 Å². The van der Waals surface area contributed by atoms with E-state index >= 15 is 0 Å². The van der Waals surface area contributed by atoms with Gasteiger partial charge in [-0.1, -0.05) is 23.2 Å². The van der Waals surface area contributed by atoms with Crippen LogP contribution in [0, 0.1) is 24.4 Å². The number of carbonyl (C=O) groups excluding carboxylic acids is 1. The smallest absolute Gasteiger partial charge is 0.194 e. The van der Waals surface area contributed by atoms with Gasteiger partial charge in [-0.2, -0.15) is 0 Å². The van der Waals surface area contributed by atoms with Crippen molar-refractivity contribution < 1.29 is 26.8 Å². The van der Waals surface area contributed by atoms with Crippen LogP contribution < -0.4 is 5.32 Å². The fourth-order valence-electron chi connectivity index (χ4n) is 2.25. The first-order chi connectivity index (χ1) is 14.3. The summed E-state index contributed by atoms with van der Waals surface area (Å²) in [6.45, 7) is 9.30. The van der Waals surface area contributed by atoms with Gasteiger partial charge in [0.05, 0.1) is 6.67 Å². The molecule has 164 valence electrons.